The quantitative estimate of drug-likeness (QED) is 0.415. The molecule has 0 unspecified atom stereocenters. The highest BCUT2D eigenvalue weighted by atomic mass is 19.4. The second kappa shape index (κ2) is 11.8. The predicted molar refractivity (Wildman–Crippen MR) is 114 cm³/mol. The van der Waals surface area contributed by atoms with Crippen LogP contribution in [0, 0.1) is 0 Å². The van der Waals surface area contributed by atoms with Crippen molar-refractivity contribution in [1.82, 2.24) is 16.0 Å². The molecule has 0 bridgehead atoms. The van der Waals surface area contributed by atoms with Crippen LogP contribution in [0.15, 0.2) is 53.5 Å². The second-order valence-electron chi connectivity index (χ2n) is 6.65. The first kappa shape index (κ1) is 24.0. The third kappa shape index (κ3) is 8.98. The number of hydrogen-bond acceptors (Lipinski definition) is 3. The molecule has 0 saturated heterocycles. The SMILES string of the molecule is CCNC(=O)c1ccc(CNC(=NCc2ccc(OCC(F)(F)F)cc2)NCC)cc1. The van der Waals surface area contributed by atoms with Crippen molar-refractivity contribution in [2.75, 3.05) is 19.7 Å². The molecule has 6 nitrogen and oxygen atoms in total. The topological polar surface area (TPSA) is 74.8 Å². The van der Waals surface area contributed by atoms with Crippen molar-refractivity contribution < 1.29 is 22.7 Å². The molecule has 0 saturated carbocycles. The maximum absolute atomic E-state index is 12.2. The summed E-state index contributed by atoms with van der Waals surface area (Å²) in [4.78, 5) is 16.3. The summed E-state index contributed by atoms with van der Waals surface area (Å²) in [6.07, 6.45) is -4.36. The molecule has 31 heavy (non-hydrogen) atoms. The summed E-state index contributed by atoms with van der Waals surface area (Å²) in [5.74, 6) is 0.658. The van der Waals surface area contributed by atoms with Gasteiger partial charge in [-0.05, 0) is 49.2 Å². The van der Waals surface area contributed by atoms with Gasteiger partial charge in [0.25, 0.3) is 5.91 Å². The number of carbonyl (C=O) groups is 1. The summed E-state index contributed by atoms with van der Waals surface area (Å²) in [6, 6.07) is 13.6. The number of rotatable bonds is 9. The minimum absolute atomic E-state index is 0.105. The van der Waals surface area contributed by atoms with Gasteiger partial charge in [-0.25, -0.2) is 4.99 Å². The fourth-order valence-electron chi connectivity index (χ4n) is 2.59. The third-order valence-corrected chi connectivity index (χ3v) is 4.10. The van der Waals surface area contributed by atoms with Crippen molar-refractivity contribution >= 4 is 11.9 Å². The molecule has 0 atom stereocenters. The molecular weight excluding hydrogens is 409 g/mol. The van der Waals surface area contributed by atoms with Gasteiger partial charge in [-0.15, -0.1) is 0 Å². The zero-order chi connectivity index (χ0) is 22.7. The first-order valence-corrected chi connectivity index (χ1v) is 9.98. The zero-order valence-electron chi connectivity index (χ0n) is 17.6. The molecule has 2 aromatic carbocycles. The molecule has 0 aliphatic heterocycles. The first-order chi connectivity index (χ1) is 14.8. The van der Waals surface area contributed by atoms with E-state index in [9.17, 15) is 18.0 Å². The highest BCUT2D eigenvalue weighted by Crippen LogP contribution is 2.19. The maximum atomic E-state index is 12.2. The lowest BCUT2D eigenvalue weighted by atomic mass is 10.1. The van der Waals surface area contributed by atoms with Crippen molar-refractivity contribution in [3.63, 3.8) is 0 Å². The number of nitrogens with one attached hydrogen (secondary N) is 3. The number of amides is 1. The van der Waals surface area contributed by atoms with Crippen molar-refractivity contribution in [2.45, 2.75) is 33.1 Å². The highest BCUT2D eigenvalue weighted by molar-refractivity contribution is 5.94. The summed E-state index contributed by atoms with van der Waals surface area (Å²) in [6.45, 7) is 4.62. The van der Waals surface area contributed by atoms with Crippen LogP contribution >= 0.6 is 0 Å². The molecule has 2 aromatic rings. The van der Waals surface area contributed by atoms with Crippen LogP contribution in [-0.2, 0) is 13.1 Å². The molecule has 0 heterocycles. The van der Waals surface area contributed by atoms with Gasteiger partial charge in [0.05, 0.1) is 6.54 Å². The van der Waals surface area contributed by atoms with E-state index in [1.54, 1.807) is 24.3 Å². The van der Waals surface area contributed by atoms with E-state index in [1.165, 1.54) is 12.1 Å². The van der Waals surface area contributed by atoms with Crippen molar-refractivity contribution in [2.24, 2.45) is 4.99 Å². The molecule has 0 aliphatic carbocycles. The van der Waals surface area contributed by atoms with Crippen LogP contribution in [-0.4, -0.2) is 37.7 Å². The zero-order valence-corrected chi connectivity index (χ0v) is 17.6. The number of guanidine groups is 1. The maximum Gasteiger partial charge on any atom is 0.422 e. The number of ether oxygens (including phenoxy) is 1. The van der Waals surface area contributed by atoms with E-state index in [4.69, 9.17) is 4.74 Å². The van der Waals surface area contributed by atoms with Crippen LogP contribution in [0.25, 0.3) is 0 Å². The molecule has 3 N–H and O–H groups in total. The molecule has 0 aliphatic rings. The van der Waals surface area contributed by atoms with Crippen LogP contribution in [0.4, 0.5) is 13.2 Å². The van der Waals surface area contributed by atoms with E-state index in [1.807, 2.05) is 26.0 Å². The van der Waals surface area contributed by atoms with E-state index < -0.39 is 12.8 Å². The van der Waals surface area contributed by atoms with Crippen LogP contribution < -0.4 is 20.7 Å². The Kier molecular flexibility index (Phi) is 9.17. The number of benzene rings is 2. The van der Waals surface area contributed by atoms with Crippen LogP contribution in [0.5, 0.6) is 5.75 Å². The van der Waals surface area contributed by atoms with Crippen LogP contribution in [0.1, 0.15) is 35.3 Å². The summed E-state index contributed by atoms with van der Waals surface area (Å²) < 4.78 is 41.3. The van der Waals surface area contributed by atoms with E-state index in [0.29, 0.717) is 37.7 Å². The van der Waals surface area contributed by atoms with E-state index in [-0.39, 0.29) is 11.7 Å². The number of nitrogens with zero attached hydrogens (tertiary/aromatic N) is 1. The normalized spacial score (nSPS) is 11.7. The number of carbonyl (C=O) groups excluding carboxylic acids is 1. The van der Waals surface area contributed by atoms with Crippen molar-refractivity contribution in [3.05, 3.63) is 65.2 Å². The Morgan fingerprint density at radius 1 is 0.903 bits per heavy atom. The van der Waals surface area contributed by atoms with Gasteiger partial charge < -0.3 is 20.7 Å². The average Bonchev–Trinajstić information content (AvgIpc) is 2.75. The second-order valence-corrected chi connectivity index (χ2v) is 6.65. The van der Waals surface area contributed by atoms with Crippen LogP contribution in [0.3, 0.4) is 0 Å². The molecule has 0 aromatic heterocycles. The van der Waals surface area contributed by atoms with Gasteiger partial charge in [0, 0.05) is 25.2 Å². The molecule has 9 heteroatoms. The number of aliphatic imine (C=N–C) groups is 1. The fourth-order valence-corrected chi connectivity index (χ4v) is 2.59. The van der Waals surface area contributed by atoms with Crippen molar-refractivity contribution in [1.29, 1.82) is 0 Å². The Morgan fingerprint density at radius 2 is 1.52 bits per heavy atom. The third-order valence-electron chi connectivity index (χ3n) is 4.10. The standard InChI is InChI=1S/C22H27F3N4O2/c1-3-26-20(30)18-9-5-16(6-10-18)13-28-21(27-4-2)29-14-17-7-11-19(12-8-17)31-15-22(23,24)25/h5-12H,3-4,13-15H2,1-2H3,(H,26,30)(H2,27,28,29). The Labute approximate surface area is 179 Å². The molecule has 0 radical (unpaired) electrons. The summed E-state index contributed by atoms with van der Waals surface area (Å²) in [5.41, 5.74) is 2.43. The Morgan fingerprint density at radius 3 is 2.10 bits per heavy atom. The van der Waals surface area contributed by atoms with Gasteiger partial charge in [-0.2, -0.15) is 13.2 Å². The average molecular weight is 436 g/mol. The fraction of sp³-hybridized carbons (Fsp3) is 0.364. The van der Waals surface area contributed by atoms with E-state index in [0.717, 1.165) is 11.1 Å². The molecule has 1 amide bonds. The molecule has 0 spiro atoms. The van der Waals surface area contributed by atoms with Gasteiger partial charge >= 0.3 is 6.18 Å². The van der Waals surface area contributed by atoms with Gasteiger partial charge in [-0.3, -0.25) is 4.79 Å². The summed E-state index contributed by atoms with van der Waals surface area (Å²) in [5, 5.41) is 9.12. The van der Waals surface area contributed by atoms with Crippen LogP contribution in [0.2, 0.25) is 0 Å². The monoisotopic (exact) mass is 436 g/mol. The highest BCUT2D eigenvalue weighted by Gasteiger charge is 2.28. The minimum Gasteiger partial charge on any atom is -0.484 e. The number of halogens is 3. The first-order valence-electron chi connectivity index (χ1n) is 9.98. The Hall–Kier alpha value is -3.23. The number of alkyl halides is 3. The van der Waals surface area contributed by atoms with E-state index in [2.05, 4.69) is 20.9 Å². The van der Waals surface area contributed by atoms with Gasteiger partial charge in [0.15, 0.2) is 12.6 Å². The lowest BCUT2D eigenvalue weighted by molar-refractivity contribution is -0.153. The smallest absolute Gasteiger partial charge is 0.422 e. The van der Waals surface area contributed by atoms with Gasteiger partial charge in [0.1, 0.15) is 5.75 Å². The van der Waals surface area contributed by atoms with Gasteiger partial charge in [-0.1, -0.05) is 24.3 Å². The molecule has 168 valence electrons. The summed E-state index contributed by atoms with van der Waals surface area (Å²) in [7, 11) is 0. The lowest BCUT2D eigenvalue weighted by Gasteiger charge is -2.12. The Bertz CT molecular complexity index is 851. The Balaban J connectivity index is 1.90. The molecular formula is C22H27F3N4O2. The molecule has 0 fully saturated rings. The largest absolute Gasteiger partial charge is 0.484 e. The number of hydrogen-bond donors (Lipinski definition) is 3. The predicted octanol–water partition coefficient (Wildman–Crippen LogP) is 3.63. The molecule has 2 rings (SSSR count). The lowest BCUT2D eigenvalue weighted by Crippen LogP contribution is -2.36. The van der Waals surface area contributed by atoms with E-state index >= 15 is 0 Å². The summed E-state index contributed by atoms with van der Waals surface area (Å²) >= 11 is 0. The minimum atomic E-state index is -4.36. The van der Waals surface area contributed by atoms with Crippen molar-refractivity contribution in [3.8, 4) is 5.75 Å². The van der Waals surface area contributed by atoms with Gasteiger partial charge in [0.2, 0.25) is 0 Å².